The Hall–Kier alpha value is -0.510. The van der Waals surface area contributed by atoms with E-state index in [1.54, 1.807) is 0 Å². The summed E-state index contributed by atoms with van der Waals surface area (Å²) in [5.41, 5.74) is 0.0704. The van der Waals surface area contributed by atoms with E-state index < -0.39 is 11.0 Å². The quantitative estimate of drug-likeness (QED) is 0.729. The van der Waals surface area contributed by atoms with Crippen LogP contribution in [0.25, 0.3) is 0 Å². The molecule has 0 amide bonds. The molecule has 1 atom stereocenters. The van der Waals surface area contributed by atoms with Gasteiger partial charge in [-0.1, -0.05) is 23.2 Å². The third kappa shape index (κ3) is 2.24. The minimum absolute atomic E-state index is 0.0652. The van der Waals surface area contributed by atoms with Crippen molar-refractivity contribution >= 4 is 29.2 Å². The first-order chi connectivity index (χ1) is 5.98. The average Bonchev–Trinajstić information content (AvgIpc) is 2.09. The van der Waals surface area contributed by atoms with Crippen molar-refractivity contribution in [3.8, 4) is 0 Å². The van der Waals surface area contributed by atoms with Gasteiger partial charge in [-0.15, -0.1) is 0 Å². The molecule has 0 saturated heterocycles. The number of halogens is 2. The second-order valence-corrected chi connectivity index (χ2v) is 3.68. The fourth-order valence-corrected chi connectivity index (χ4v) is 1.41. The number of rotatable bonds is 2. The van der Waals surface area contributed by atoms with E-state index in [0.29, 0.717) is 0 Å². The molecule has 0 heterocycles. The van der Waals surface area contributed by atoms with Crippen molar-refractivity contribution in [3.63, 3.8) is 0 Å². The lowest BCUT2D eigenvalue weighted by Gasteiger charge is -2.25. The topological polar surface area (TPSA) is 46.5 Å². The van der Waals surface area contributed by atoms with Crippen LogP contribution in [0.4, 0.5) is 0 Å². The maximum absolute atomic E-state index is 10.7. The van der Waals surface area contributed by atoms with Gasteiger partial charge in [-0.25, -0.2) is 4.79 Å². The first kappa shape index (κ1) is 10.6. The number of carboxylic acid groups (broad SMARTS) is 1. The third-order valence-corrected chi connectivity index (χ3v) is 2.55. The van der Waals surface area contributed by atoms with Gasteiger partial charge >= 0.3 is 5.97 Å². The Morgan fingerprint density at radius 3 is 2.85 bits per heavy atom. The molecule has 0 bridgehead atoms. The van der Waals surface area contributed by atoms with E-state index in [9.17, 15) is 4.79 Å². The predicted octanol–water partition coefficient (Wildman–Crippen LogP) is 2.11. The minimum atomic E-state index is -1.08. The van der Waals surface area contributed by atoms with Gasteiger partial charge in [0.05, 0.1) is 10.6 Å². The summed E-state index contributed by atoms with van der Waals surface area (Å²) in [7, 11) is 1.41. The Morgan fingerprint density at radius 2 is 2.38 bits per heavy atom. The van der Waals surface area contributed by atoms with E-state index in [4.69, 9.17) is 33.0 Å². The molecule has 72 valence electrons. The number of alkyl halides is 1. The zero-order chi connectivity index (χ0) is 10.1. The van der Waals surface area contributed by atoms with Gasteiger partial charge < -0.3 is 9.84 Å². The van der Waals surface area contributed by atoms with Crippen molar-refractivity contribution < 1.29 is 14.6 Å². The standard InChI is InChI=1S/C8H8Cl2O3/c1-13-8(10)3-2-6(9)5(4-8)7(11)12/h2-3H,4H2,1H3,(H,11,12). The van der Waals surface area contributed by atoms with Crippen LogP contribution in [0, 0.1) is 0 Å². The van der Waals surface area contributed by atoms with Gasteiger partial charge in [0.15, 0.2) is 5.06 Å². The number of carbonyl (C=O) groups is 1. The summed E-state index contributed by atoms with van der Waals surface area (Å²) in [5, 5.41) is 7.86. The zero-order valence-electron chi connectivity index (χ0n) is 6.88. The molecule has 13 heavy (non-hydrogen) atoms. The minimum Gasteiger partial charge on any atom is -0.478 e. The van der Waals surface area contributed by atoms with Crippen LogP contribution >= 0.6 is 23.2 Å². The normalized spacial score (nSPS) is 27.9. The number of hydrogen-bond acceptors (Lipinski definition) is 2. The van der Waals surface area contributed by atoms with E-state index in [2.05, 4.69) is 0 Å². The Labute approximate surface area is 85.6 Å². The molecule has 3 nitrogen and oxygen atoms in total. The fourth-order valence-electron chi connectivity index (χ4n) is 1.00. The highest BCUT2D eigenvalue weighted by Crippen LogP contribution is 2.34. The molecule has 0 radical (unpaired) electrons. The molecule has 1 unspecified atom stereocenters. The second-order valence-electron chi connectivity index (χ2n) is 2.63. The summed E-state index contributed by atoms with van der Waals surface area (Å²) in [6.07, 6.45) is 3.03. The zero-order valence-corrected chi connectivity index (χ0v) is 8.39. The van der Waals surface area contributed by atoms with E-state index in [1.807, 2.05) is 0 Å². The van der Waals surface area contributed by atoms with Crippen LogP contribution in [-0.4, -0.2) is 23.2 Å². The summed E-state index contributed by atoms with van der Waals surface area (Å²) in [6.45, 7) is 0. The predicted molar refractivity (Wildman–Crippen MR) is 49.9 cm³/mol. The van der Waals surface area contributed by atoms with Crippen molar-refractivity contribution in [1.29, 1.82) is 0 Å². The number of methoxy groups -OCH3 is 1. The molecule has 0 aliphatic heterocycles. The molecule has 5 heteroatoms. The van der Waals surface area contributed by atoms with Gasteiger partial charge in [-0.2, -0.15) is 0 Å². The monoisotopic (exact) mass is 222 g/mol. The van der Waals surface area contributed by atoms with Crippen molar-refractivity contribution in [2.45, 2.75) is 11.5 Å². The van der Waals surface area contributed by atoms with E-state index in [-0.39, 0.29) is 17.0 Å². The van der Waals surface area contributed by atoms with Gasteiger partial charge in [0.2, 0.25) is 0 Å². The van der Waals surface area contributed by atoms with E-state index in [1.165, 1.54) is 19.3 Å². The number of hydrogen-bond donors (Lipinski definition) is 1. The Morgan fingerprint density at radius 1 is 1.77 bits per heavy atom. The molecular weight excluding hydrogens is 215 g/mol. The van der Waals surface area contributed by atoms with Gasteiger partial charge in [-0.3, -0.25) is 0 Å². The summed E-state index contributed by atoms with van der Waals surface area (Å²) in [5.74, 6) is -1.07. The van der Waals surface area contributed by atoms with Crippen molar-refractivity contribution in [2.24, 2.45) is 0 Å². The average molecular weight is 223 g/mol. The summed E-state index contributed by atoms with van der Waals surface area (Å²) in [4.78, 5) is 10.7. The highest BCUT2D eigenvalue weighted by atomic mass is 35.5. The SMILES string of the molecule is COC1(Cl)C=CC(Cl)=C(C(=O)O)C1. The van der Waals surface area contributed by atoms with Crippen LogP contribution in [-0.2, 0) is 9.53 Å². The van der Waals surface area contributed by atoms with E-state index >= 15 is 0 Å². The maximum Gasteiger partial charge on any atom is 0.333 e. The van der Waals surface area contributed by atoms with Crippen LogP contribution in [0.1, 0.15) is 6.42 Å². The Kier molecular flexibility index (Phi) is 3.01. The van der Waals surface area contributed by atoms with Crippen molar-refractivity contribution in [1.82, 2.24) is 0 Å². The molecule has 1 N–H and O–H groups in total. The first-order valence-corrected chi connectivity index (χ1v) is 4.29. The molecule has 1 aliphatic rings. The number of aliphatic carboxylic acids is 1. The molecule has 0 aromatic heterocycles. The largest absolute Gasteiger partial charge is 0.478 e. The van der Waals surface area contributed by atoms with Gasteiger partial charge in [0, 0.05) is 13.5 Å². The van der Waals surface area contributed by atoms with Crippen LogP contribution in [0.3, 0.4) is 0 Å². The maximum atomic E-state index is 10.7. The summed E-state index contributed by atoms with van der Waals surface area (Å²) >= 11 is 11.6. The lowest BCUT2D eigenvalue weighted by Crippen LogP contribution is -2.26. The highest BCUT2D eigenvalue weighted by molar-refractivity contribution is 6.34. The number of ether oxygens (including phenoxy) is 1. The number of allylic oxidation sites excluding steroid dienone is 2. The second kappa shape index (κ2) is 3.70. The van der Waals surface area contributed by atoms with Crippen LogP contribution in [0.15, 0.2) is 22.8 Å². The van der Waals surface area contributed by atoms with Crippen LogP contribution < -0.4 is 0 Å². The van der Waals surface area contributed by atoms with Crippen LogP contribution in [0.5, 0.6) is 0 Å². The lowest BCUT2D eigenvalue weighted by atomic mass is 10.0. The third-order valence-electron chi connectivity index (χ3n) is 1.78. The first-order valence-electron chi connectivity index (χ1n) is 3.54. The Bertz CT molecular complexity index is 296. The van der Waals surface area contributed by atoms with Gasteiger partial charge in [0.25, 0.3) is 0 Å². The molecule has 0 saturated carbocycles. The summed E-state index contributed by atoms with van der Waals surface area (Å²) < 4.78 is 4.93. The fraction of sp³-hybridized carbons (Fsp3) is 0.375. The lowest BCUT2D eigenvalue weighted by molar-refractivity contribution is -0.133. The molecular formula is C8H8Cl2O3. The molecule has 1 rings (SSSR count). The van der Waals surface area contributed by atoms with E-state index in [0.717, 1.165) is 0 Å². The molecule has 0 aromatic carbocycles. The summed E-state index contributed by atoms with van der Waals surface area (Å²) in [6, 6.07) is 0. The molecule has 0 spiro atoms. The Balaban J connectivity index is 2.96. The van der Waals surface area contributed by atoms with Gasteiger partial charge in [0.1, 0.15) is 0 Å². The highest BCUT2D eigenvalue weighted by Gasteiger charge is 2.31. The van der Waals surface area contributed by atoms with Crippen molar-refractivity contribution in [2.75, 3.05) is 7.11 Å². The number of carboxylic acids is 1. The van der Waals surface area contributed by atoms with Gasteiger partial charge in [-0.05, 0) is 12.2 Å². The molecule has 1 aliphatic carbocycles. The van der Waals surface area contributed by atoms with Crippen molar-refractivity contribution in [3.05, 3.63) is 22.8 Å². The van der Waals surface area contributed by atoms with Crippen LogP contribution in [0.2, 0.25) is 0 Å². The molecule has 0 aromatic rings. The smallest absolute Gasteiger partial charge is 0.333 e. The molecule has 0 fully saturated rings.